The van der Waals surface area contributed by atoms with Gasteiger partial charge in [-0.05, 0) is 24.2 Å². The minimum atomic E-state index is -0.657. The second-order valence-electron chi connectivity index (χ2n) is 7.19. The molecule has 1 saturated heterocycles. The van der Waals surface area contributed by atoms with Crippen molar-refractivity contribution >= 4 is 11.8 Å². The van der Waals surface area contributed by atoms with E-state index in [0.717, 1.165) is 19.5 Å². The monoisotopic (exact) mass is 309 g/mol. The molecule has 0 aliphatic carbocycles. The van der Waals surface area contributed by atoms with Crippen LogP contribution in [0.1, 0.15) is 33.6 Å². The van der Waals surface area contributed by atoms with Crippen molar-refractivity contribution in [3.05, 3.63) is 12.2 Å². The van der Waals surface area contributed by atoms with Crippen LogP contribution in [-0.4, -0.2) is 59.3 Å². The van der Waals surface area contributed by atoms with E-state index in [0.29, 0.717) is 25.4 Å². The van der Waals surface area contributed by atoms with Crippen LogP contribution in [0.4, 0.5) is 0 Å². The number of carbonyl (C=O) groups is 2. The van der Waals surface area contributed by atoms with Crippen LogP contribution in [-0.2, 0) is 9.59 Å². The number of rotatable bonds is 6. The number of nitrogens with zero attached hydrogens (tertiary/aromatic N) is 2. The Kier molecular flexibility index (Phi) is 5.36. The zero-order chi connectivity index (χ0) is 16.3. The first-order valence-corrected chi connectivity index (χ1v) is 7.98. The van der Waals surface area contributed by atoms with Gasteiger partial charge in [-0.2, -0.15) is 0 Å². The van der Waals surface area contributed by atoms with E-state index in [-0.39, 0.29) is 17.2 Å². The van der Waals surface area contributed by atoms with Crippen LogP contribution in [0.15, 0.2) is 12.2 Å². The topological polar surface area (TPSA) is 72.9 Å². The molecule has 2 rings (SSSR count). The van der Waals surface area contributed by atoms with Crippen molar-refractivity contribution in [1.82, 2.24) is 15.1 Å². The number of imide groups is 1. The summed E-state index contributed by atoms with van der Waals surface area (Å²) in [5.74, 6) is 0.0890. The Morgan fingerprint density at radius 2 is 1.95 bits per heavy atom. The predicted molar refractivity (Wildman–Crippen MR) is 83.6 cm³/mol. The molecule has 2 unspecified atom stereocenters. The zero-order valence-electron chi connectivity index (χ0n) is 13.7. The number of aliphatic hydroxyl groups is 1. The van der Waals surface area contributed by atoms with Crippen molar-refractivity contribution < 1.29 is 14.7 Å². The maximum absolute atomic E-state index is 11.4. The summed E-state index contributed by atoms with van der Waals surface area (Å²) in [6, 6.07) is 0. The summed E-state index contributed by atoms with van der Waals surface area (Å²) in [6.07, 6.45) is 3.66. The van der Waals surface area contributed by atoms with Gasteiger partial charge in [0.25, 0.3) is 11.8 Å². The summed E-state index contributed by atoms with van der Waals surface area (Å²) in [5.41, 5.74) is 0.262. The number of hydrogen-bond donors (Lipinski definition) is 2. The largest absolute Gasteiger partial charge is 0.365 e. The molecule has 2 heterocycles. The Bertz CT molecular complexity index is 438. The molecular formula is C16H27N3O3. The molecule has 2 atom stereocenters. The van der Waals surface area contributed by atoms with Gasteiger partial charge in [0.2, 0.25) is 0 Å². The average Bonchev–Trinajstić information content (AvgIpc) is 3.04. The number of likely N-dealkylation sites (tertiary alicyclic amines) is 1. The smallest absolute Gasteiger partial charge is 0.253 e. The molecule has 6 nitrogen and oxygen atoms in total. The Labute approximate surface area is 132 Å². The van der Waals surface area contributed by atoms with Crippen molar-refractivity contribution in [3.63, 3.8) is 0 Å². The minimum absolute atomic E-state index is 0.252. The molecule has 22 heavy (non-hydrogen) atoms. The van der Waals surface area contributed by atoms with Crippen molar-refractivity contribution in [1.29, 1.82) is 0 Å². The third kappa shape index (κ3) is 4.15. The van der Waals surface area contributed by atoms with E-state index in [9.17, 15) is 14.7 Å². The first-order valence-electron chi connectivity index (χ1n) is 7.98. The van der Waals surface area contributed by atoms with Gasteiger partial charge in [0.15, 0.2) is 6.35 Å². The lowest BCUT2D eigenvalue weighted by Crippen LogP contribution is -2.45. The van der Waals surface area contributed by atoms with Crippen LogP contribution < -0.4 is 5.32 Å². The molecule has 1 fully saturated rings. The number of amides is 2. The molecule has 0 aromatic carbocycles. The lowest BCUT2D eigenvalue weighted by molar-refractivity contribution is -0.136. The Morgan fingerprint density at radius 1 is 1.32 bits per heavy atom. The number of carbonyl (C=O) groups excluding carboxylic acids is 2. The molecule has 2 amide bonds. The van der Waals surface area contributed by atoms with E-state index in [1.807, 2.05) is 4.90 Å². The van der Waals surface area contributed by atoms with Crippen LogP contribution in [0.5, 0.6) is 0 Å². The van der Waals surface area contributed by atoms with Gasteiger partial charge >= 0.3 is 0 Å². The minimum Gasteiger partial charge on any atom is -0.365 e. The Hall–Kier alpha value is -1.24. The van der Waals surface area contributed by atoms with Gasteiger partial charge in [-0.15, -0.1) is 0 Å². The summed E-state index contributed by atoms with van der Waals surface area (Å²) in [6.45, 7) is 9.44. The van der Waals surface area contributed by atoms with Gasteiger partial charge in [-0.1, -0.05) is 20.8 Å². The van der Waals surface area contributed by atoms with Crippen molar-refractivity contribution in [2.75, 3.05) is 26.2 Å². The average molecular weight is 309 g/mol. The first-order chi connectivity index (χ1) is 10.3. The molecule has 6 heteroatoms. The summed E-state index contributed by atoms with van der Waals surface area (Å²) in [5, 5.41) is 13.2. The fourth-order valence-corrected chi connectivity index (χ4v) is 2.97. The number of aliphatic hydroxyl groups excluding tert-OH is 1. The van der Waals surface area contributed by atoms with E-state index >= 15 is 0 Å². The first kappa shape index (κ1) is 17.1. The second-order valence-corrected chi connectivity index (χ2v) is 7.19. The lowest BCUT2D eigenvalue weighted by atomic mass is 9.80. The van der Waals surface area contributed by atoms with Crippen molar-refractivity contribution in [3.8, 4) is 0 Å². The van der Waals surface area contributed by atoms with Crippen LogP contribution in [0.3, 0.4) is 0 Å². The van der Waals surface area contributed by atoms with Crippen LogP contribution >= 0.6 is 0 Å². The third-order valence-corrected chi connectivity index (χ3v) is 4.58. The maximum Gasteiger partial charge on any atom is 0.253 e. The van der Waals surface area contributed by atoms with Crippen molar-refractivity contribution in [2.24, 2.45) is 11.3 Å². The highest BCUT2D eigenvalue weighted by molar-refractivity contribution is 6.12. The summed E-state index contributed by atoms with van der Waals surface area (Å²) in [4.78, 5) is 26.1. The number of nitrogens with one attached hydrogen (secondary N) is 1. The molecule has 0 radical (unpaired) electrons. The molecular weight excluding hydrogens is 282 g/mol. The normalized spacial score (nSPS) is 24.5. The zero-order valence-corrected chi connectivity index (χ0v) is 13.7. The summed E-state index contributed by atoms with van der Waals surface area (Å²) >= 11 is 0. The van der Waals surface area contributed by atoms with E-state index < -0.39 is 6.35 Å². The van der Waals surface area contributed by atoms with Gasteiger partial charge < -0.3 is 5.11 Å². The predicted octanol–water partition coefficient (Wildman–Crippen LogP) is 0.535. The molecule has 0 bridgehead atoms. The fraction of sp³-hybridized carbons (Fsp3) is 0.750. The van der Waals surface area contributed by atoms with Crippen LogP contribution in [0.2, 0.25) is 0 Å². The Morgan fingerprint density at radius 3 is 2.50 bits per heavy atom. The van der Waals surface area contributed by atoms with Crippen LogP contribution in [0, 0.1) is 11.3 Å². The van der Waals surface area contributed by atoms with Gasteiger partial charge in [-0.25, -0.2) is 0 Å². The summed E-state index contributed by atoms with van der Waals surface area (Å²) < 4.78 is 0. The lowest BCUT2D eigenvalue weighted by Gasteiger charge is -2.29. The van der Waals surface area contributed by atoms with Gasteiger partial charge in [0.1, 0.15) is 0 Å². The molecule has 2 aliphatic heterocycles. The maximum atomic E-state index is 11.4. The van der Waals surface area contributed by atoms with Gasteiger partial charge in [0, 0.05) is 38.3 Å². The summed E-state index contributed by atoms with van der Waals surface area (Å²) in [7, 11) is 0. The second kappa shape index (κ2) is 6.89. The molecule has 0 saturated carbocycles. The molecule has 0 aromatic heterocycles. The van der Waals surface area contributed by atoms with E-state index in [4.69, 9.17) is 0 Å². The van der Waals surface area contributed by atoms with Crippen LogP contribution in [0.25, 0.3) is 0 Å². The van der Waals surface area contributed by atoms with Gasteiger partial charge in [0.05, 0.1) is 0 Å². The molecule has 0 spiro atoms. The highest BCUT2D eigenvalue weighted by Crippen LogP contribution is 2.33. The number of hydrogen-bond acceptors (Lipinski definition) is 5. The standard InChI is InChI=1S/C16H27N3O3/c1-16(2,3)12-7-10-18(11-12)15(22)17-8-4-9-19-13(20)5-6-14(19)21/h5-6,12,15,17,22H,4,7-11H2,1-3H3. The Balaban J connectivity index is 1.65. The highest BCUT2D eigenvalue weighted by Gasteiger charge is 2.34. The fourth-order valence-electron chi connectivity index (χ4n) is 2.97. The molecule has 2 N–H and O–H groups in total. The highest BCUT2D eigenvalue weighted by atomic mass is 16.3. The quantitative estimate of drug-likeness (QED) is 0.425. The van der Waals surface area contributed by atoms with E-state index in [1.165, 1.54) is 17.1 Å². The molecule has 2 aliphatic rings. The molecule has 0 aromatic rings. The SMILES string of the molecule is CC(C)(C)C1CCN(C(O)NCCCN2C(=O)C=CC2=O)C1. The van der Waals surface area contributed by atoms with E-state index in [2.05, 4.69) is 26.1 Å². The van der Waals surface area contributed by atoms with E-state index in [1.54, 1.807) is 0 Å². The third-order valence-electron chi connectivity index (χ3n) is 4.58. The van der Waals surface area contributed by atoms with Crippen molar-refractivity contribution in [2.45, 2.75) is 40.0 Å². The van der Waals surface area contributed by atoms with Gasteiger partial charge in [-0.3, -0.25) is 24.7 Å². The molecule has 124 valence electrons.